The van der Waals surface area contributed by atoms with Crippen molar-refractivity contribution >= 4 is 5.91 Å². The quantitative estimate of drug-likeness (QED) is 0.918. The third-order valence-electron chi connectivity index (χ3n) is 4.64. The number of rotatable bonds is 4. The fourth-order valence-electron chi connectivity index (χ4n) is 3.05. The fraction of sp³-hybridized carbons (Fsp3) is 0.688. The molecule has 1 aliphatic carbocycles. The van der Waals surface area contributed by atoms with Gasteiger partial charge in [0, 0.05) is 25.0 Å². The van der Waals surface area contributed by atoms with Crippen molar-refractivity contribution < 1.29 is 9.21 Å². The van der Waals surface area contributed by atoms with E-state index in [1.165, 1.54) is 5.56 Å². The molecule has 20 heavy (non-hydrogen) atoms. The van der Waals surface area contributed by atoms with Gasteiger partial charge in [0.2, 0.25) is 5.91 Å². The third kappa shape index (κ3) is 2.90. The molecule has 2 heterocycles. The van der Waals surface area contributed by atoms with Crippen molar-refractivity contribution in [3.8, 4) is 0 Å². The molecule has 0 spiro atoms. The molecule has 110 valence electrons. The second kappa shape index (κ2) is 5.60. The number of hydrogen-bond acceptors (Lipinski definition) is 3. The minimum absolute atomic E-state index is 0.345. The Morgan fingerprint density at radius 1 is 1.45 bits per heavy atom. The van der Waals surface area contributed by atoms with E-state index in [0.29, 0.717) is 23.8 Å². The molecule has 0 radical (unpaired) electrons. The molecule has 0 aromatic carbocycles. The van der Waals surface area contributed by atoms with Crippen LogP contribution in [-0.2, 0) is 11.3 Å². The van der Waals surface area contributed by atoms with Crippen molar-refractivity contribution in [3.63, 3.8) is 0 Å². The fourth-order valence-corrected chi connectivity index (χ4v) is 3.05. The molecular weight excluding hydrogens is 252 g/mol. The average molecular weight is 276 g/mol. The molecule has 1 amide bonds. The number of aryl methyl sites for hydroxylation is 1. The van der Waals surface area contributed by atoms with Gasteiger partial charge in [0.15, 0.2) is 0 Å². The normalized spacial score (nSPS) is 26.8. The van der Waals surface area contributed by atoms with Crippen LogP contribution in [0.25, 0.3) is 0 Å². The Morgan fingerprint density at radius 2 is 2.25 bits per heavy atom. The van der Waals surface area contributed by atoms with Crippen LogP contribution in [0.15, 0.2) is 16.7 Å². The monoisotopic (exact) mass is 276 g/mol. The molecular formula is C16H24N2O2. The molecule has 1 saturated heterocycles. The van der Waals surface area contributed by atoms with Crippen molar-refractivity contribution in [2.24, 2.45) is 11.8 Å². The standard InChI is InChI=1S/C16H24N2O2/c1-11-6-8-20-15(11)9-17-14-5-7-18(10-12(14)2)16(19)13-3-4-13/h6,8,12-14,17H,3-5,7,9-10H2,1-2H3/t12-,14-/m0/s1. The van der Waals surface area contributed by atoms with E-state index in [2.05, 4.69) is 24.1 Å². The highest BCUT2D eigenvalue weighted by atomic mass is 16.3. The summed E-state index contributed by atoms with van der Waals surface area (Å²) in [5, 5.41) is 3.59. The number of hydrogen-bond donors (Lipinski definition) is 1. The highest BCUT2D eigenvalue weighted by Crippen LogP contribution is 2.32. The molecule has 3 rings (SSSR count). The zero-order valence-electron chi connectivity index (χ0n) is 12.4. The van der Waals surface area contributed by atoms with Crippen molar-refractivity contribution in [1.82, 2.24) is 10.2 Å². The number of furan rings is 1. The van der Waals surface area contributed by atoms with Crippen molar-refractivity contribution in [3.05, 3.63) is 23.7 Å². The number of piperidine rings is 1. The smallest absolute Gasteiger partial charge is 0.225 e. The summed E-state index contributed by atoms with van der Waals surface area (Å²) in [4.78, 5) is 14.2. The molecule has 4 heteroatoms. The van der Waals surface area contributed by atoms with Gasteiger partial charge in [0.25, 0.3) is 0 Å². The molecule has 1 saturated carbocycles. The predicted octanol–water partition coefficient (Wildman–Crippen LogP) is 2.32. The van der Waals surface area contributed by atoms with Crippen LogP contribution in [0.2, 0.25) is 0 Å². The molecule has 4 nitrogen and oxygen atoms in total. The van der Waals surface area contributed by atoms with E-state index >= 15 is 0 Å². The van der Waals surface area contributed by atoms with Crippen LogP contribution in [0.4, 0.5) is 0 Å². The molecule has 2 aliphatic rings. The highest BCUT2D eigenvalue weighted by Gasteiger charge is 2.36. The molecule has 2 atom stereocenters. The SMILES string of the molecule is Cc1ccoc1CN[C@H]1CCN(C(=O)C2CC2)C[C@@H]1C. The number of likely N-dealkylation sites (tertiary alicyclic amines) is 1. The van der Waals surface area contributed by atoms with E-state index in [-0.39, 0.29) is 0 Å². The van der Waals surface area contributed by atoms with Gasteiger partial charge in [-0.2, -0.15) is 0 Å². The van der Waals surface area contributed by atoms with Crippen LogP contribution in [0.1, 0.15) is 37.5 Å². The Morgan fingerprint density at radius 3 is 2.85 bits per heavy atom. The van der Waals surface area contributed by atoms with Gasteiger partial charge < -0.3 is 14.6 Å². The van der Waals surface area contributed by atoms with Crippen molar-refractivity contribution in [2.45, 2.75) is 45.7 Å². The van der Waals surface area contributed by atoms with Gasteiger partial charge in [-0.3, -0.25) is 4.79 Å². The summed E-state index contributed by atoms with van der Waals surface area (Å²) in [6, 6.07) is 2.47. The minimum Gasteiger partial charge on any atom is -0.468 e. The lowest BCUT2D eigenvalue weighted by Gasteiger charge is -2.37. The summed E-state index contributed by atoms with van der Waals surface area (Å²) >= 11 is 0. The molecule has 1 N–H and O–H groups in total. The summed E-state index contributed by atoms with van der Waals surface area (Å²) in [6.07, 6.45) is 4.98. The van der Waals surface area contributed by atoms with Gasteiger partial charge in [-0.05, 0) is 43.7 Å². The zero-order valence-corrected chi connectivity index (χ0v) is 12.4. The van der Waals surface area contributed by atoms with Gasteiger partial charge in [-0.1, -0.05) is 6.92 Å². The molecule has 1 aromatic rings. The molecule has 0 unspecified atom stereocenters. The zero-order chi connectivity index (χ0) is 14.1. The maximum atomic E-state index is 12.1. The Hall–Kier alpha value is -1.29. The second-order valence-corrected chi connectivity index (χ2v) is 6.34. The number of carbonyl (C=O) groups is 1. The lowest BCUT2D eigenvalue weighted by molar-refractivity contribution is -0.134. The van der Waals surface area contributed by atoms with Gasteiger partial charge in [0.1, 0.15) is 5.76 Å². The van der Waals surface area contributed by atoms with Crippen LogP contribution in [0.3, 0.4) is 0 Å². The van der Waals surface area contributed by atoms with E-state index in [4.69, 9.17) is 4.42 Å². The van der Waals surface area contributed by atoms with E-state index in [1.807, 2.05) is 6.07 Å². The minimum atomic E-state index is 0.345. The summed E-state index contributed by atoms with van der Waals surface area (Å²) < 4.78 is 5.46. The van der Waals surface area contributed by atoms with Crippen LogP contribution in [0.5, 0.6) is 0 Å². The van der Waals surface area contributed by atoms with Crippen molar-refractivity contribution in [1.29, 1.82) is 0 Å². The Bertz CT molecular complexity index is 479. The number of nitrogens with zero attached hydrogens (tertiary/aromatic N) is 1. The van der Waals surface area contributed by atoms with E-state index in [9.17, 15) is 4.79 Å². The van der Waals surface area contributed by atoms with Gasteiger partial charge >= 0.3 is 0 Å². The Kier molecular flexibility index (Phi) is 3.83. The summed E-state index contributed by atoms with van der Waals surface area (Å²) in [6.45, 7) is 6.88. The summed E-state index contributed by atoms with van der Waals surface area (Å²) in [7, 11) is 0. The molecule has 1 aromatic heterocycles. The maximum absolute atomic E-state index is 12.1. The maximum Gasteiger partial charge on any atom is 0.225 e. The molecule has 2 fully saturated rings. The third-order valence-corrected chi connectivity index (χ3v) is 4.64. The van der Waals surface area contributed by atoms with Crippen LogP contribution in [0, 0.1) is 18.8 Å². The van der Waals surface area contributed by atoms with Gasteiger partial charge in [-0.25, -0.2) is 0 Å². The number of amides is 1. The van der Waals surface area contributed by atoms with E-state index < -0.39 is 0 Å². The number of carbonyl (C=O) groups excluding carboxylic acids is 1. The van der Waals surface area contributed by atoms with Crippen LogP contribution in [-0.4, -0.2) is 29.9 Å². The lowest BCUT2D eigenvalue weighted by atomic mass is 9.93. The van der Waals surface area contributed by atoms with Crippen LogP contribution < -0.4 is 5.32 Å². The van der Waals surface area contributed by atoms with E-state index in [0.717, 1.165) is 44.7 Å². The Labute approximate surface area is 120 Å². The first-order chi connectivity index (χ1) is 9.65. The second-order valence-electron chi connectivity index (χ2n) is 6.34. The highest BCUT2D eigenvalue weighted by molar-refractivity contribution is 5.81. The van der Waals surface area contributed by atoms with Gasteiger partial charge in [-0.15, -0.1) is 0 Å². The Balaban J connectivity index is 1.50. The molecule has 1 aliphatic heterocycles. The lowest BCUT2D eigenvalue weighted by Crippen LogP contribution is -2.50. The molecule has 0 bridgehead atoms. The van der Waals surface area contributed by atoms with Gasteiger partial charge in [0.05, 0.1) is 12.8 Å². The summed E-state index contributed by atoms with van der Waals surface area (Å²) in [5.41, 5.74) is 1.20. The van der Waals surface area contributed by atoms with Crippen molar-refractivity contribution in [2.75, 3.05) is 13.1 Å². The summed E-state index contributed by atoms with van der Waals surface area (Å²) in [5.74, 6) is 2.25. The largest absolute Gasteiger partial charge is 0.468 e. The van der Waals surface area contributed by atoms with E-state index in [1.54, 1.807) is 6.26 Å². The first kappa shape index (κ1) is 13.7. The first-order valence-electron chi connectivity index (χ1n) is 7.70. The van der Waals surface area contributed by atoms with Crippen LogP contribution >= 0.6 is 0 Å². The number of nitrogens with one attached hydrogen (secondary N) is 1. The first-order valence-corrected chi connectivity index (χ1v) is 7.70. The topological polar surface area (TPSA) is 45.5 Å². The average Bonchev–Trinajstić information content (AvgIpc) is 3.20. The predicted molar refractivity (Wildman–Crippen MR) is 77.2 cm³/mol.